The van der Waals surface area contributed by atoms with Crippen molar-refractivity contribution in [2.75, 3.05) is 0 Å². The molecule has 1 N–H and O–H groups in total. The topological polar surface area (TPSA) is 83.9 Å². The molecule has 0 bridgehead atoms. The van der Waals surface area contributed by atoms with Crippen LogP contribution in [0.25, 0.3) is 6.08 Å². The highest BCUT2D eigenvalue weighted by Gasteiger charge is 2.43. The van der Waals surface area contributed by atoms with Gasteiger partial charge in [-0.05, 0) is 85.0 Å². The van der Waals surface area contributed by atoms with E-state index < -0.39 is 23.2 Å². The van der Waals surface area contributed by atoms with E-state index in [0.29, 0.717) is 22.1 Å². The van der Waals surface area contributed by atoms with Crippen LogP contribution in [-0.4, -0.2) is 33.2 Å². The zero-order chi connectivity index (χ0) is 23.6. The molecule has 0 aliphatic carbocycles. The number of rotatable bonds is 7. The maximum Gasteiger partial charge on any atom is 0.326 e. The molecule has 8 heteroatoms. The summed E-state index contributed by atoms with van der Waals surface area (Å²) in [6.07, 6.45) is 1.79. The van der Waals surface area contributed by atoms with Crippen molar-refractivity contribution < 1.29 is 24.2 Å². The Morgan fingerprint density at radius 2 is 1.72 bits per heavy atom. The van der Waals surface area contributed by atoms with Crippen molar-refractivity contribution in [3.8, 4) is 11.5 Å². The Bertz CT molecular complexity index is 1070. The van der Waals surface area contributed by atoms with Crippen LogP contribution in [0, 0.1) is 19.8 Å². The first-order valence-corrected chi connectivity index (χ1v) is 11.3. The standard InChI is InChI=1S/C24H24ClNO5S/c1-13(2)9-19(23(28)29)26-22(27)20(32-24(26)30)12-16-5-7-17(8-6-16)31-18-10-14(3)21(25)15(4)11-18/h5-8,10-13,19H,9H2,1-4H3,(H,28,29)/b20-12-/t19-/m1/s1. The smallest absolute Gasteiger partial charge is 0.326 e. The number of aryl methyl sites for hydroxylation is 2. The second-order valence-corrected chi connectivity index (χ2v) is 9.45. The van der Waals surface area contributed by atoms with Crippen molar-refractivity contribution >= 4 is 46.6 Å². The molecular weight excluding hydrogens is 450 g/mol. The fourth-order valence-electron chi connectivity index (χ4n) is 3.40. The molecule has 0 radical (unpaired) electrons. The van der Waals surface area contributed by atoms with Crippen molar-refractivity contribution in [2.24, 2.45) is 5.92 Å². The third-order valence-electron chi connectivity index (χ3n) is 4.94. The normalized spacial score (nSPS) is 16.2. The largest absolute Gasteiger partial charge is 0.480 e. The molecule has 1 atom stereocenters. The van der Waals surface area contributed by atoms with Crippen LogP contribution in [0.15, 0.2) is 41.3 Å². The number of hydrogen-bond acceptors (Lipinski definition) is 5. The van der Waals surface area contributed by atoms with Gasteiger partial charge >= 0.3 is 5.97 Å². The zero-order valence-corrected chi connectivity index (χ0v) is 19.8. The van der Waals surface area contributed by atoms with Crippen LogP contribution >= 0.6 is 23.4 Å². The van der Waals surface area contributed by atoms with E-state index in [1.807, 2.05) is 39.8 Å². The fourth-order valence-corrected chi connectivity index (χ4v) is 4.38. The Kier molecular flexibility index (Phi) is 7.31. The van der Waals surface area contributed by atoms with E-state index in [0.717, 1.165) is 27.8 Å². The summed E-state index contributed by atoms with van der Waals surface area (Å²) in [7, 11) is 0. The third-order valence-corrected chi connectivity index (χ3v) is 6.42. The van der Waals surface area contributed by atoms with Gasteiger partial charge in [0.05, 0.1) is 4.91 Å². The van der Waals surface area contributed by atoms with Crippen molar-refractivity contribution in [1.82, 2.24) is 4.90 Å². The summed E-state index contributed by atoms with van der Waals surface area (Å²) in [5, 5.41) is 9.64. The van der Waals surface area contributed by atoms with E-state index >= 15 is 0 Å². The Hall–Kier alpha value is -2.77. The molecule has 0 spiro atoms. The van der Waals surface area contributed by atoms with E-state index in [1.165, 1.54) is 0 Å². The summed E-state index contributed by atoms with van der Waals surface area (Å²) in [6, 6.07) is 9.59. The average molecular weight is 474 g/mol. The number of carboxylic acids is 1. The van der Waals surface area contributed by atoms with Gasteiger partial charge in [-0.3, -0.25) is 14.5 Å². The van der Waals surface area contributed by atoms with Crippen LogP contribution < -0.4 is 4.74 Å². The van der Waals surface area contributed by atoms with E-state index in [1.54, 1.807) is 30.3 Å². The molecule has 2 amide bonds. The van der Waals surface area contributed by atoms with Gasteiger partial charge in [0.25, 0.3) is 11.1 Å². The number of carboxylic acid groups (broad SMARTS) is 1. The third kappa shape index (κ3) is 5.34. The summed E-state index contributed by atoms with van der Waals surface area (Å²) >= 11 is 6.95. The molecule has 32 heavy (non-hydrogen) atoms. The highest BCUT2D eigenvalue weighted by Crippen LogP contribution is 2.35. The molecule has 0 unspecified atom stereocenters. The maximum absolute atomic E-state index is 12.8. The van der Waals surface area contributed by atoms with Crippen LogP contribution in [0.1, 0.15) is 37.0 Å². The van der Waals surface area contributed by atoms with E-state index in [-0.39, 0.29) is 17.2 Å². The second kappa shape index (κ2) is 9.79. The van der Waals surface area contributed by atoms with Crippen LogP contribution in [-0.2, 0) is 9.59 Å². The molecule has 1 fully saturated rings. The van der Waals surface area contributed by atoms with Crippen LogP contribution in [0.3, 0.4) is 0 Å². The number of hydrogen-bond donors (Lipinski definition) is 1. The minimum absolute atomic E-state index is 0.0236. The number of thioether (sulfide) groups is 1. The van der Waals surface area contributed by atoms with Gasteiger partial charge in [-0.2, -0.15) is 0 Å². The number of amides is 2. The predicted molar refractivity (Wildman–Crippen MR) is 126 cm³/mol. The molecule has 2 aromatic carbocycles. The first-order valence-electron chi connectivity index (χ1n) is 10.1. The quantitative estimate of drug-likeness (QED) is 0.476. The van der Waals surface area contributed by atoms with Gasteiger partial charge in [0.1, 0.15) is 17.5 Å². The van der Waals surface area contributed by atoms with Gasteiger partial charge in [0.2, 0.25) is 0 Å². The Morgan fingerprint density at radius 1 is 1.12 bits per heavy atom. The monoisotopic (exact) mass is 473 g/mol. The highest BCUT2D eigenvalue weighted by molar-refractivity contribution is 8.18. The van der Waals surface area contributed by atoms with E-state index in [9.17, 15) is 19.5 Å². The molecule has 1 heterocycles. The molecule has 1 aliphatic heterocycles. The highest BCUT2D eigenvalue weighted by atomic mass is 35.5. The summed E-state index contributed by atoms with van der Waals surface area (Å²) < 4.78 is 5.89. The van der Waals surface area contributed by atoms with E-state index in [2.05, 4.69) is 0 Å². The summed E-state index contributed by atoms with van der Waals surface area (Å²) in [6.45, 7) is 7.52. The number of halogens is 1. The molecular formula is C24H24ClNO5S. The number of nitrogens with zero attached hydrogens (tertiary/aromatic N) is 1. The van der Waals surface area contributed by atoms with E-state index in [4.69, 9.17) is 16.3 Å². The number of aliphatic carboxylic acids is 1. The minimum Gasteiger partial charge on any atom is -0.480 e. The summed E-state index contributed by atoms with van der Waals surface area (Å²) in [5.41, 5.74) is 2.54. The van der Waals surface area contributed by atoms with Gasteiger partial charge in [-0.15, -0.1) is 0 Å². The summed E-state index contributed by atoms with van der Waals surface area (Å²) in [5.74, 6) is -0.463. The fraction of sp³-hybridized carbons (Fsp3) is 0.292. The average Bonchev–Trinajstić information content (AvgIpc) is 2.98. The molecule has 0 saturated carbocycles. The number of carbonyl (C=O) groups is 3. The Balaban J connectivity index is 1.77. The van der Waals surface area contributed by atoms with Crippen molar-refractivity contribution in [1.29, 1.82) is 0 Å². The lowest BCUT2D eigenvalue weighted by atomic mass is 10.0. The minimum atomic E-state index is -1.18. The first-order chi connectivity index (χ1) is 15.1. The second-order valence-electron chi connectivity index (χ2n) is 8.08. The van der Waals surface area contributed by atoms with Gasteiger partial charge in [-0.25, -0.2) is 4.79 Å². The van der Waals surface area contributed by atoms with Gasteiger partial charge in [-0.1, -0.05) is 37.6 Å². The number of imide groups is 1. The molecule has 3 rings (SSSR count). The number of benzene rings is 2. The molecule has 1 aliphatic rings. The zero-order valence-electron chi connectivity index (χ0n) is 18.2. The van der Waals surface area contributed by atoms with Gasteiger partial charge in [0, 0.05) is 5.02 Å². The Morgan fingerprint density at radius 3 is 2.25 bits per heavy atom. The predicted octanol–water partition coefficient (Wildman–Crippen LogP) is 6.28. The maximum atomic E-state index is 12.8. The van der Waals surface area contributed by atoms with Gasteiger partial charge < -0.3 is 9.84 Å². The van der Waals surface area contributed by atoms with Crippen LogP contribution in [0.5, 0.6) is 11.5 Å². The molecule has 2 aromatic rings. The molecule has 1 saturated heterocycles. The molecule has 0 aromatic heterocycles. The van der Waals surface area contributed by atoms with Crippen LogP contribution in [0.2, 0.25) is 5.02 Å². The van der Waals surface area contributed by atoms with Crippen molar-refractivity contribution in [3.05, 3.63) is 63.0 Å². The summed E-state index contributed by atoms with van der Waals surface area (Å²) in [4.78, 5) is 37.8. The number of carbonyl (C=O) groups excluding carboxylic acids is 2. The van der Waals surface area contributed by atoms with Crippen molar-refractivity contribution in [2.45, 2.75) is 40.2 Å². The Labute approximate surface area is 196 Å². The lowest BCUT2D eigenvalue weighted by molar-refractivity contribution is -0.146. The lowest BCUT2D eigenvalue weighted by Crippen LogP contribution is -2.44. The van der Waals surface area contributed by atoms with Crippen LogP contribution in [0.4, 0.5) is 4.79 Å². The van der Waals surface area contributed by atoms with Gasteiger partial charge in [0.15, 0.2) is 0 Å². The first kappa shape index (κ1) is 23.9. The molecule has 6 nitrogen and oxygen atoms in total. The lowest BCUT2D eigenvalue weighted by Gasteiger charge is -2.22. The molecule has 168 valence electrons. The SMILES string of the molecule is Cc1cc(Oc2ccc(/C=C3\SC(=O)N([C@H](CC(C)C)C(=O)O)C3=O)cc2)cc(C)c1Cl. The number of ether oxygens (including phenoxy) is 1. The van der Waals surface area contributed by atoms with Crippen molar-refractivity contribution in [3.63, 3.8) is 0 Å².